The summed E-state index contributed by atoms with van der Waals surface area (Å²) in [7, 11) is 0. The number of rotatable bonds is 5. The molecule has 2 nitrogen and oxygen atoms in total. The topological polar surface area (TPSA) is 23.5 Å². The van der Waals surface area contributed by atoms with Gasteiger partial charge in [-0.3, -0.25) is 4.90 Å². The fraction of sp³-hybridized carbons (Fsp3) is 0.600. The van der Waals surface area contributed by atoms with Crippen molar-refractivity contribution in [3.8, 4) is 0 Å². The number of likely N-dealkylation sites (tertiary alicyclic amines) is 1. The van der Waals surface area contributed by atoms with E-state index in [4.69, 9.17) is 0 Å². The van der Waals surface area contributed by atoms with Crippen molar-refractivity contribution < 1.29 is 5.11 Å². The first-order chi connectivity index (χ1) is 8.40. The number of aryl methyl sites for hydroxylation is 1. The largest absolute Gasteiger partial charge is 0.395 e. The maximum absolute atomic E-state index is 9.51. The molecule has 0 aromatic heterocycles. The Morgan fingerprint density at radius 1 is 1.06 bits per heavy atom. The summed E-state index contributed by atoms with van der Waals surface area (Å²) in [6, 6.07) is 10.9. The molecule has 1 aliphatic heterocycles. The monoisotopic (exact) mass is 233 g/mol. The highest BCUT2D eigenvalue weighted by Gasteiger charge is 2.19. The lowest BCUT2D eigenvalue weighted by atomic mass is 10.0. The summed E-state index contributed by atoms with van der Waals surface area (Å²) in [5, 5.41) is 9.51. The molecule has 0 amide bonds. The van der Waals surface area contributed by atoms with E-state index in [9.17, 15) is 5.11 Å². The second-order valence-corrected chi connectivity index (χ2v) is 4.96. The number of hydrogen-bond acceptors (Lipinski definition) is 2. The van der Waals surface area contributed by atoms with E-state index in [0.29, 0.717) is 12.6 Å². The van der Waals surface area contributed by atoms with Crippen LogP contribution in [0.5, 0.6) is 0 Å². The third-order valence-corrected chi connectivity index (χ3v) is 3.73. The van der Waals surface area contributed by atoms with Gasteiger partial charge in [0.05, 0.1) is 6.61 Å². The van der Waals surface area contributed by atoms with Crippen LogP contribution in [-0.4, -0.2) is 35.7 Å². The van der Waals surface area contributed by atoms with Crippen molar-refractivity contribution in [1.29, 1.82) is 0 Å². The molecular formula is C15H23NO. The van der Waals surface area contributed by atoms with Crippen molar-refractivity contribution in [3.63, 3.8) is 0 Å². The highest BCUT2D eigenvalue weighted by molar-refractivity contribution is 5.14. The predicted molar refractivity (Wildman–Crippen MR) is 71.1 cm³/mol. The van der Waals surface area contributed by atoms with E-state index in [1.165, 1.54) is 37.9 Å². The molecule has 0 saturated carbocycles. The van der Waals surface area contributed by atoms with Crippen molar-refractivity contribution in [2.75, 3.05) is 19.7 Å². The lowest BCUT2D eigenvalue weighted by Crippen LogP contribution is -2.41. The molecule has 1 atom stereocenters. The predicted octanol–water partition coefficient (Wildman–Crippen LogP) is 2.47. The summed E-state index contributed by atoms with van der Waals surface area (Å²) in [6.45, 7) is 2.63. The molecule has 1 aromatic rings. The number of aliphatic hydroxyl groups is 1. The first-order valence-electron chi connectivity index (χ1n) is 6.79. The Balaban J connectivity index is 1.82. The van der Waals surface area contributed by atoms with Gasteiger partial charge in [-0.1, -0.05) is 36.8 Å². The average Bonchev–Trinajstić information content (AvgIpc) is 2.42. The fourth-order valence-electron chi connectivity index (χ4n) is 2.65. The van der Waals surface area contributed by atoms with Crippen LogP contribution in [0.15, 0.2) is 30.3 Å². The van der Waals surface area contributed by atoms with E-state index < -0.39 is 0 Å². The van der Waals surface area contributed by atoms with Gasteiger partial charge < -0.3 is 5.11 Å². The Bertz CT molecular complexity index is 306. The molecule has 0 aliphatic carbocycles. The molecule has 1 aromatic carbocycles. The van der Waals surface area contributed by atoms with Crippen LogP contribution < -0.4 is 0 Å². The minimum absolute atomic E-state index is 0.298. The minimum Gasteiger partial charge on any atom is -0.395 e. The summed E-state index contributed by atoms with van der Waals surface area (Å²) >= 11 is 0. The summed E-state index contributed by atoms with van der Waals surface area (Å²) in [4.78, 5) is 2.46. The molecule has 0 radical (unpaired) electrons. The van der Waals surface area contributed by atoms with Crippen molar-refractivity contribution in [2.45, 2.75) is 38.1 Å². The van der Waals surface area contributed by atoms with Gasteiger partial charge in [-0.25, -0.2) is 0 Å². The van der Waals surface area contributed by atoms with Crippen LogP contribution >= 0.6 is 0 Å². The van der Waals surface area contributed by atoms with E-state index in [1.807, 2.05) is 0 Å². The maximum Gasteiger partial charge on any atom is 0.0586 e. The molecule has 1 saturated heterocycles. The van der Waals surface area contributed by atoms with Crippen LogP contribution in [0.25, 0.3) is 0 Å². The zero-order valence-corrected chi connectivity index (χ0v) is 10.5. The van der Waals surface area contributed by atoms with Gasteiger partial charge in [0.15, 0.2) is 0 Å². The minimum atomic E-state index is 0.298. The molecule has 1 fully saturated rings. The molecular weight excluding hydrogens is 210 g/mol. The second-order valence-electron chi connectivity index (χ2n) is 4.96. The number of nitrogens with zero attached hydrogens (tertiary/aromatic N) is 1. The van der Waals surface area contributed by atoms with Crippen molar-refractivity contribution in [1.82, 2.24) is 4.90 Å². The highest BCUT2D eigenvalue weighted by atomic mass is 16.3. The second kappa shape index (κ2) is 6.77. The number of piperidine rings is 1. The van der Waals surface area contributed by atoms with E-state index in [1.54, 1.807) is 0 Å². The van der Waals surface area contributed by atoms with Gasteiger partial charge in [-0.15, -0.1) is 0 Å². The summed E-state index contributed by atoms with van der Waals surface area (Å²) in [5.41, 5.74) is 1.38. The Kier molecular flexibility index (Phi) is 5.02. The van der Waals surface area contributed by atoms with E-state index in [2.05, 4.69) is 35.2 Å². The van der Waals surface area contributed by atoms with Crippen LogP contribution in [0.3, 0.4) is 0 Å². The van der Waals surface area contributed by atoms with E-state index in [-0.39, 0.29) is 0 Å². The van der Waals surface area contributed by atoms with Gasteiger partial charge >= 0.3 is 0 Å². The third-order valence-electron chi connectivity index (χ3n) is 3.73. The molecule has 1 aliphatic rings. The Labute approximate surface area is 104 Å². The molecule has 1 N–H and O–H groups in total. The lowest BCUT2D eigenvalue weighted by Gasteiger charge is -2.33. The maximum atomic E-state index is 9.51. The first kappa shape index (κ1) is 12.6. The SMILES string of the molecule is OCC(CCc1ccccc1)N1CCCCC1. The molecule has 1 unspecified atom stereocenters. The molecule has 1 heterocycles. The zero-order valence-electron chi connectivity index (χ0n) is 10.5. The number of benzene rings is 1. The molecule has 2 heteroatoms. The quantitative estimate of drug-likeness (QED) is 0.844. The van der Waals surface area contributed by atoms with Crippen LogP contribution in [0, 0.1) is 0 Å². The van der Waals surface area contributed by atoms with Crippen molar-refractivity contribution in [2.24, 2.45) is 0 Å². The van der Waals surface area contributed by atoms with Crippen LogP contribution in [0.2, 0.25) is 0 Å². The standard InChI is InChI=1S/C15H23NO/c17-13-15(16-11-5-2-6-12-16)10-9-14-7-3-1-4-8-14/h1,3-4,7-8,15,17H,2,5-6,9-13H2. The molecule has 2 rings (SSSR count). The van der Waals surface area contributed by atoms with Gasteiger partial charge in [-0.05, 0) is 44.3 Å². The van der Waals surface area contributed by atoms with Gasteiger partial charge in [0.25, 0.3) is 0 Å². The number of hydrogen-bond donors (Lipinski definition) is 1. The van der Waals surface area contributed by atoms with Crippen molar-refractivity contribution in [3.05, 3.63) is 35.9 Å². The van der Waals surface area contributed by atoms with Crippen molar-refractivity contribution >= 4 is 0 Å². The summed E-state index contributed by atoms with van der Waals surface area (Å²) in [5.74, 6) is 0. The molecule has 0 bridgehead atoms. The van der Waals surface area contributed by atoms with Gasteiger partial charge in [0.1, 0.15) is 0 Å². The van der Waals surface area contributed by atoms with Crippen LogP contribution in [0.4, 0.5) is 0 Å². The fourth-order valence-corrected chi connectivity index (χ4v) is 2.65. The highest BCUT2D eigenvalue weighted by Crippen LogP contribution is 2.16. The molecule has 17 heavy (non-hydrogen) atoms. The Morgan fingerprint density at radius 2 is 1.76 bits per heavy atom. The zero-order chi connectivity index (χ0) is 11.9. The Morgan fingerprint density at radius 3 is 2.41 bits per heavy atom. The average molecular weight is 233 g/mol. The van der Waals surface area contributed by atoms with Gasteiger partial charge in [-0.2, -0.15) is 0 Å². The normalized spacial score (nSPS) is 19.1. The third kappa shape index (κ3) is 3.83. The van der Waals surface area contributed by atoms with Crippen LogP contribution in [-0.2, 0) is 6.42 Å². The Hall–Kier alpha value is -0.860. The first-order valence-corrected chi connectivity index (χ1v) is 6.79. The summed E-state index contributed by atoms with van der Waals surface area (Å²) < 4.78 is 0. The lowest BCUT2D eigenvalue weighted by molar-refractivity contribution is 0.0985. The van der Waals surface area contributed by atoms with E-state index >= 15 is 0 Å². The molecule has 0 spiro atoms. The number of aliphatic hydroxyl groups excluding tert-OH is 1. The molecule has 94 valence electrons. The van der Waals surface area contributed by atoms with Crippen LogP contribution in [0.1, 0.15) is 31.2 Å². The van der Waals surface area contributed by atoms with Gasteiger partial charge in [0, 0.05) is 6.04 Å². The van der Waals surface area contributed by atoms with Gasteiger partial charge in [0.2, 0.25) is 0 Å². The van der Waals surface area contributed by atoms with E-state index in [0.717, 1.165) is 12.8 Å². The smallest absolute Gasteiger partial charge is 0.0586 e. The summed E-state index contributed by atoms with van der Waals surface area (Å²) in [6.07, 6.45) is 6.08.